The molecular weight excluding hydrogens is 356 g/mol. The van der Waals surface area contributed by atoms with E-state index in [0.29, 0.717) is 25.8 Å². The van der Waals surface area contributed by atoms with Crippen LogP contribution >= 0.6 is 0 Å². The van der Waals surface area contributed by atoms with Crippen molar-refractivity contribution in [2.24, 2.45) is 17.4 Å². The van der Waals surface area contributed by atoms with Gasteiger partial charge in [0.15, 0.2) is 0 Å². The largest absolute Gasteiger partial charge is 0.481 e. The van der Waals surface area contributed by atoms with E-state index in [1.807, 2.05) is 13.8 Å². The predicted octanol–water partition coefficient (Wildman–Crippen LogP) is -0.592. The average molecular weight is 388 g/mol. The third-order valence-electron chi connectivity index (χ3n) is 3.91. The number of amides is 2. The Bertz CT molecular complexity index is 512. The lowest BCUT2D eigenvalue weighted by molar-refractivity contribution is -0.143. The van der Waals surface area contributed by atoms with Crippen molar-refractivity contribution in [1.82, 2.24) is 10.6 Å². The lowest BCUT2D eigenvalue weighted by atomic mass is 10.0. The highest BCUT2D eigenvalue weighted by molar-refractivity contribution is 5.92. The Morgan fingerprint density at radius 3 is 2.00 bits per heavy atom. The Kier molecular flexibility index (Phi) is 12.0. The van der Waals surface area contributed by atoms with Crippen molar-refractivity contribution in [3.63, 3.8) is 0 Å². The fourth-order valence-electron chi connectivity index (χ4n) is 2.42. The van der Waals surface area contributed by atoms with E-state index in [9.17, 15) is 24.3 Å². The summed E-state index contributed by atoms with van der Waals surface area (Å²) in [6, 6.07) is -3.16. The Balaban J connectivity index is 4.99. The number of carbonyl (C=O) groups is 4. The molecule has 0 aromatic rings. The summed E-state index contributed by atoms with van der Waals surface area (Å²) in [6.45, 7) is 4.10. The van der Waals surface area contributed by atoms with Gasteiger partial charge in [-0.25, -0.2) is 4.79 Å². The average Bonchev–Trinajstić information content (AvgIpc) is 2.56. The summed E-state index contributed by atoms with van der Waals surface area (Å²) < 4.78 is 0. The lowest BCUT2D eigenvalue weighted by Crippen LogP contribution is -2.54. The lowest BCUT2D eigenvalue weighted by Gasteiger charge is -2.23. The molecule has 8 N–H and O–H groups in total. The molecule has 156 valence electrons. The molecule has 0 rings (SSSR count). The monoisotopic (exact) mass is 388 g/mol. The van der Waals surface area contributed by atoms with Crippen LogP contribution in [0, 0.1) is 5.92 Å². The Hall–Kier alpha value is -2.20. The summed E-state index contributed by atoms with van der Waals surface area (Å²) in [7, 11) is 0. The highest BCUT2D eigenvalue weighted by Gasteiger charge is 2.28. The maximum Gasteiger partial charge on any atom is 0.326 e. The van der Waals surface area contributed by atoms with Crippen LogP contribution in [0.4, 0.5) is 0 Å². The summed E-state index contributed by atoms with van der Waals surface area (Å²) in [4.78, 5) is 46.7. The SMILES string of the molecule is CC(C)C[C@H](NC(=O)[C@H](CCC(=O)O)NC(=O)[C@@H](N)CCCCN)C(=O)O. The number of nitrogens with two attached hydrogens (primary N) is 2. The van der Waals surface area contributed by atoms with Crippen LogP contribution in [-0.4, -0.2) is 58.6 Å². The van der Waals surface area contributed by atoms with Gasteiger partial charge in [0, 0.05) is 6.42 Å². The van der Waals surface area contributed by atoms with Gasteiger partial charge in [-0.1, -0.05) is 20.3 Å². The standard InChI is InChI=1S/C17H32N4O6/c1-10(2)9-13(17(26)27)21-16(25)12(6-7-14(22)23)20-15(24)11(19)5-3-4-8-18/h10-13H,3-9,18-19H2,1-2H3,(H,20,24)(H,21,25)(H,22,23)(H,26,27)/t11-,12-,13-/m0/s1. The van der Waals surface area contributed by atoms with Gasteiger partial charge in [-0.05, 0) is 38.1 Å². The Morgan fingerprint density at radius 1 is 0.926 bits per heavy atom. The molecule has 3 atom stereocenters. The molecule has 0 radical (unpaired) electrons. The van der Waals surface area contributed by atoms with Crippen LogP contribution in [0.5, 0.6) is 0 Å². The van der Waals surface area contributed by atoms with E-state index in [1.165, 1.54) is 0 Å². The van der Waals surface area contributed by atoms with Crippen LogP contribution in [-0.2, 0) is 19.2 Å². The first kappa shape index (κ1) is 24.8. The van der Waals surface area contributed by atoms with Gasteiger partial charge in [0.1, 0.15) is 12.1 Å². The first-order chi connectivity index (χ1) is 12.6. The molecule has 0 bridgehead atoms. The number of hydrogen-bond acceptors (Lipinski definition) is 6. The smallest absolute Gasteiger partial charge is 0.326 e. The summed E-state index contributed by atoms with van der Waals surface area (Å²) in [5.74, 6) is -3.64. The van der Waals surface area contributed by atoms with Crippen molar-refractivity contribution in [1.29, 1.82) is 0 Å². The molecule has 0 aliphatic carbocycles. The van der Waals surface area contributed by atoms with Crippen molar-refractivity contribution in [3.8, 4) is 0 Å². The number of hydrogen-bond donors (Lipinski definition) is 6. The Labute approximate surface area is 159 Å². The molecule has 0 aliphatic rings. The third kappa shape index (κ3) is 11.2. The molecule has 0 unspecified atom stereocenters. The minimum Gasteiger partial charge on any atom is -0.481 e. The minimum absolute atomic E-state index is 0.0226. The maximum atomic E-state index is 12.4. The summed E-state index contributed by atoms with van der Waals surface area (Å²) in [5.41, 5.74) is 11.2. The first-order valence-corrected chi connectivity index (χ1v) is 9.09. The summed E-state index contributed by atoms with van der Waals surface area (Å²) in [6.07, 6.45) is 1.41. The number of carboxylic acids is 2. The topological polar surface area (TPSA) is 185 Å². The molecule has 0 saturated carbocycles. The van der Waals surface area contributed by atoms with E-state index in [2.05, 4.69) is 10.6 Å². The molecule has 10 nitrogen and oxygen atoms in total. The number of rotatable bonds is 14. The molecule has 0 saturated heterocycles. The summed E-state index contributed by atoms with van der Waals surface area (Å²) >= 11 is 0. The highest BCUT2D eigenvalue weighted by atomic mass is 16.4. The second-order valence-corrected chi connectivity index (χ2v) is 6.91. The van der Waals surface area contributed by atoms with E-state index in [4.69, 9.17) is 16.6 Å². The number of carboxylic acid groups (broad SMARTS) is 2. The second kappa shape index (κ2) is 13.0. The molecule has 0 heterocycles. The number of unbranched alkanes of at least 4 members (excludes halogenated alkanes) is 1. The van der Waals surface area contributed by atoms with Gasteiger partial charge >= 0.3 is 11.9 Å². The van der Waals surface area contributed by atoms with E-state index in [0.717, 1.165) is 0 Å². The van der Waals surface area contributed by atoms with Crippen molar-refractivity contribution in [3.05, 3.63) is 0 Å². The number of carbonyl (C=O) groups excluding carboxylic acids is 2. The van der Waals surface area contributed by atoms with Gasteiger partial charge in [0.2, 0.25) is 11.8 Å². The molecule has 0 fully saturated rings. The molecule has 2 amide bonds. The van der Waals surface area contributed by atoms with Gasteiger partial charge in [0.05, 0.1) is 6.04 Å². The highest BCUT2D eigenvalue weighted by Crippen LogP contribution is 2.07. The quantitative estimate of drug-likeness (QED) is 0.213. The number of aliphatic carboxylic acids is 2. The van der Waals surface area contributed by atoms with E-state index >= 15 is 0 Å². The van der Waals surface area contributed by atoms with Crippen LogP contribution in [0.25, 0.3) is 0 Å². The van der Waals surface area contributed by atoms with Crippen LogP contribution in [0.1, 0.15) is 52.4 Å². The van der Waals surface area contributed by atoms with E-state index in [-0.39, 0.29) is 25.2 Å². The fraction of sp³-hybridized carbons (Fsp3) is 0.765. The van der Waals surface area contributed by atoms with Crippen molar-refractivity contribution in [2.45, 2.75) is 70.5 Å². The molecule has 0 aliphatic heterocycles. The van der Waals surface area contributed by atoms with Crippen molar-refractivity contribution >= 4 is 23.8 Å². The van der Waals surface area contributed by atoms with Crippen LogP contribution in [0.2, 0.25) is 0 Å². The van der Waals surface area contributed by atoms with Crippen LogP contribution in [0.3, 0.4) is 0 Å². The zero-order valence-electron chi connectivity index (χ0n) is 15.9. The van der Waals surface area contributed by atoms with Crippen LogP contribution in [0.15, 0.2) is 0 Å². The minimum atomic E-state index is -1.20. The Morgan fingerprint density at radius 2 is 1.52 bits per heavy atom. The number of nitrogens with one attached hydrogen (secondary N) is 2. The van der Waals surface area contributed by atoms with Gasteiger partial charge in [-0.15, -0.1) is 0 Å². The van der Waals surface area contributed by atoms with Crippen molar-refractivity contribution in [2.75, 3.05) is 6.54 Å². The summed E-state index contributed by atoms with van der Waals surface area (Å²) in [5, 5.41) is 22.9. The molecule has 0 spiro atoms. The maximum absolute atomic E-state index is 12.4. The predicted molar refractivity (Wildman–Crippen MR) is 98.7 cm³/mol. The normalized spacial score (nSPS) is 14.3. The molecule has 27 heavy (non-hydrogen) atoms. The molecule has 0 aromatic heterocycles. The molecule has 10 heteroatoms. The van der Waals surface area contributed by atoms with Gasteiger partial charge < -0.3 is 32.3 Å². The van der Waals surface area contributed by atoms with E-state index < -0.39 is 41.9 Å². The molecular formula is C17H32N4O6. The molecule has 0 aromatic carbocycles. The van der Waals surface area contributed by atoms with Crippen molar-refractivity contribution < 1.29 is 29.4 Å². The second-order valence-electron chi connectivity index (χ2n) is 6.91. The van der Waals surface area contributed by atoms with E-state index in [1.54, 1.807) is 0 Å². The zero-order valence-corrected chi connectivity index (χ0v) is 15.9. The third-order valence-corrected chi connectivity index (χ3v) is 3.91. The zero-order chi connectivity index (χ0) is 21.0. The fourth-order valence-corrected chi connectivity index (χ4v) is 2.42. The van der Waals surface area contributed by atoms with Crippen LogP contribution < -0.4 is 22.1 Å². The van der Waals surface area contributed by atoms with Gasteiger partial charge in [0.25, 0.3) is 0 Å². The first-order valence-electron chi connectivity index (χ1n) is 9.09. The van der Waals surface area contributed by atoms with Gasteiger partial charge in [-0.2, -0.15) is 0 Å². The van der Waals surface area contributed by atoms with Gasteiger partial charge in [-0.3, -0.25) is 14.4 Å².